The second-order valence-corrected chi connectivity index (χ2v) is 5.75. The van der Waals surface area contributed by atoms with E-state index in [4.69, 9.17) is 15.1 Å². The number of nitrogens with one attached hydrogen (secondary N) is 1. The zero-order valence-corrected chi connectivity index (χ0v) is 12.2. The average Bonchev–Trinajstić information content (AvgIpc) is 2.57. The second kappa shape index (κ2) is 5.78. The zero-order valence-electron chi connectivity index (χ0n) is 11.3. The van der Waals surface area contributed by atoms with Crippen molar-refractivity contribution in [3.05, 3.63) is 33.1 Å². The maximum Gasteiger partial charge on any atom is 0.332 e. The summed E-state index contributed by atoms with van der Waals surface area (Å²) in [6.07, 6.45) is -2.40. The van der Waals surface area contributed by atoms with Crippen molar-refractivity contribution in [2.24, 2.45) is 5.50 Å². The fraction of sp³-hybridized carbons (Fsp3) is 0.600. The third-order valence-electron chi connectivity index (χ3n) is 3.36. The normalized spacial score (nSPS) is 36.5. The van der Waals surface area contributed by atoms with Gasteiger partial charge in [0, 0.05) is 12.3 Å². The molecule has 1 unspecified atom stereocenters. The Bertz CT molecular complexity index is 662. The van der Waals surface area contributed by atoms with Gasteiger partial charge >= 0.3 is 11.7 Å². The molecular formula is C10H15FN3O7P. The minimum Gasteiger partial charge on any atom is -0.387 e. The minimum absolute atomic E-state index is 0.307. The van der Waals surface area contributed by atoms with Crippen LogP contribution in [0.1, 0.15) is 6.92 Å². The molecule has 1 aliphatic heterocycles. The lowest BCUT2D eigenvalue weighted by Gasteiger charge is -2.32. The third-order valence-corrected chi connectivity index (χ3v) is 3.78. The summed E-state index contributed by atoms with van der Waals surface area (Å²) in [4.78, 5) is 33.4. The summed E-state index contributed by atoms with van der Waals surface area (Å²) in [7, 11) is -2.27. The Kier molecular flexibility index (Phi) is 4.51. The van der Waals surface area contributed by atoms with Gasteiger partial charge in [-0.05, 0) is 6.92 Å². The molecule has 1 aromatic rings. The molecular weight excluding hydrogens is 324 g/mol. The van der Waals surface area contributed by atoms with Gasteiger partial charge in [0.05, 0.1) is 6.61 Å². The van der Waals surface area contributed by atoms with E-state index in [-0.39, 0.29) is 0 Å². The van der Waals surface area contributed by atoms with Gasteiger partial charge in [-0.15, -0.1) is 0 Å². The van der Waals surface area contributed by atoms with Crippen molar-refractivity contribution >= 4 is 8.53 Å². The molecule has 0 spiro atoms. The molecule has 10 nitrogen and oxygen atoms in total. The van der Waals surface area contributed by atoms with E-state index in [0.29, 0.717) is 4.57 Å². The lowest BCUT2D eigenvalue weighted by molar-refractivity contribution is -0.273. The van der Waals surface area contributed by atoms with Crippen LogP contribution in [-0.2, 0) is 15.2 Å². The number of aromatic nitrogens is 2. The molecule has 1 saturated heterocycles. The van der Waals surface area contributed by atoms with Gasteiger partial charge in [-0.25, -0.2) is 9.36 Å². The number of nitrogens with zero attached hydrogens (tertiary/aromatic N) is 1. The number of alkyl halides is 1. The highest BCUT2D eigenvalue weighted by Crippen LogP contribution is 2.44. The number of aromatic amines is 1. The predicted molar refractivity (Wildman–Crippen MR) is 71.2 cm³/mol. The van der Waals surface area contributed by atoms with E-state index in [0.717, 1.165) is 19.2 Å². The number of hydrogen-bond acceptors (Lipinski definition) is 8. The number of halogens is 1. The van der Waals surface area contributed by atoms with Crippen molar-refractivity contribution in [1.82, 2.24) is 9.55 Å². The lowest BCUT2D eigenvalue weighted by Crippen LogP contribution is -2.56. The first-order chi connectivity index (χ1) is 10.1. The summed E-state index contributed by atoms with van der Waals surface area (Å²) in [5.74, 6) is -3.16. The summed E-state index contributed by atoms with van der Waals surface area (Å²) in [6, 6.07) is 0.852. The van der Waals surface area contributed by atoms with Gasteiger partial charge in [-0.3, -0.25) is 15.3 Å². The summed E-state index contributed by atoms with van der Waals surface area (Å²) in [5.41, 5.74) is 0.540. The van der Waals surface area contributed by atoms with Gasteiger partial charge in [-0.1, -0.05) is 0 Å². The van der Waals surface area contributed by atoms with E-state index in [1.165, 1.54) is 0 Å². The quantitative estimate of drug-likeness (QED) is 0.387. The minimum atomic E-state index is -3.16. The monoisotopic (exact) mass is 339 g/mol. The van der Waals surface area contributed by atoms with Crippen LogP contribution < -0.4 is 16.8 Å². The third kappa shape index (κ3) is 2.72. The molecule has 2 heterocycles. The van der Waals surface area contributed by atoms with E-state index >= 15 is 4.39 Å². The van der Waals surface area contributed by atoms with Crippen molar-refractivity contribution in [3.8, 4) is 0 Å². The van der Waals surface area contributed by atoms with Crippen LogP contribution in [0.5, 0.6) is 0 Å². The Morgan fingerprint density at radius 1 is 1.64 bits per heavy atom. The second-order valence-electron chi connectivity index (χ2n) is 4.89. The SMILES string of the molecule is C[C@@]1(O)[C@H](O)[C@@H](COP(N)O)O[C@@]1(F)n1ccc(=O)[nH]c1=O. The molecule has 0 aromatic carbocycles. The van der Waals surface area contributed by atoms with E-state index < -0.39 is 50.2 Å². The molecule has 0 amide bonds. The number of nitrogens with two attached hydrogens (primary N) is 1. The van der Waals surface area contributed by atoms with Crippen molar-refractivity contribution in [1.29, 1.82) is 0 Å². The van der Waals surface area contributed by atoms with Crippen molar-refractivity contribution < 1.29 is 28.8 Å². The van der Waals surface area contributed by atoms with E-state index in [9.17, 15) is 19.8 Å². The number of aliphatic hydroxyl groups is 2. The topological polar surface area (TPSA) is 160 Å². The van der Waals surface area contributed by atoms with Gasteiger partial charge in [0.25, 0.3) is 5.56 Å². The molecule has 6 N–H and O–H groups in total. The van der Waals surface area contributed by atoms with Crippen molar-refractivity contribution in [2.45, 2.75) is 30.7 Å². The summed E-state index contributed by atoms with van der Waals surface area (Å²) in [5, 5.41) is 20.2. The molecule has 12 heteroatoms. The van der Waals surface area contributed by atoms with E-state index in [2.05, 4.69) is 4.52 Å². The molecule has 0 bridgehead atoms. The molecule has 0 aliphatic carbocycles. The average molecular weight is 339 g/mol. The molecule has 1 aliphatic rings. The van der Waals surface area contributed by atoms with Crippen LogP contribution in [0.4, 0.5) is 4.39 Å². The Balaban J connectivity index is 2.40. The first-order valence-corrected chi connectivity index (χ1v) is 7.34. The van der Waals surface area contributed by atoms with Crippen LogP contribution in [0.15, 0.2) is 21.9 Å². The number of rotatable bonds is 4. The Morgan fingerprint density at radius 2 is 2.27 bits per heavy atom. The van der Waals surface area contributed by atoms with Crippen molar-refractivity contribution in [3.63, 3.8) is 0 Å². The maximum atomic E-state index is 15.1. The van der Waals surface area contributed by atoms with Crippen LogP contribution in [-0.4, -0.2) is 49.1 Å². The first kappa shape index (κ1) is 17.2. The number of hydrogen-bond donors (Lipinski definition) is 5. The van der Waals surface area contributed by atoms with Crippen LogP contribution in [0.2, 0.25) is 0 Å². The van der Waals surface area contributed by atoms with Crippen molar-refractivity contribution in [2.75, 3.05) is 6.61 Å². The first-order valence-electron chi connectivity index (χ1n) is 6.06. The van der Waals surface area contributed by atoms with Crippen LogP contribution >= 0.6 is 8.53 Å². The number of ether oxygens (including phenoxy) is 1. The molecule has 2 rings (SSSR count). The van der Waals surface area contributed by atoms with Gasteiger partial charge in [-0.2, -0.15) is 4.39 Å². The Labute approximate surface area is 123 Å². The Hall–Kier alpha value is -1.20. The van der Waals surface area contributed by atoms with E-state index in [1.54, 1.807) is 0 Å². The van der Waals surface area contributed by atoms with Gasteiger partial charge in [0.15, 0.2) is 5.60 Å². The standard InChI is InChI=1S/C10H15FN3O7P/c1-9(18)7(16)5(4-20-22(12)19)21-10(9,11)14-3-2-6(15)13-8(14)17/h2-3,5,7,16,18-19H,4,12H2,1H3,(H,13,15,17)/t5-,7-,9-,10+,22?/m1/s1. The fourth-order valence-corrected chi connectivity index (χ4v) is 2.45. The molecule has 1 fully saturated rings. The summed E-state index contributed by atoms with van der Waals surface area (Å²) < 4.78 is 25.0. The summed E-state index contributed by atoms with van der Waals surface area (Å²) in [6.45, 7) is 0.402. The zero-order chi connectivity index (χ0) is 16.7. The largest absolute Gasteiger partial charge is 0.387 e. The van der Waals surface area contributed by atoms with Crippen LogP contribution in [0.3, 0.4) is 0 Å². The number of H-pyrrole nitrogens is 1. The molecule has 0 saturated carbocycles. The number of aliphatic hydroxyl groups excluding tert-OH is 1. The highest BCUT2D eigenvalue weighted by atomic mass is 31.2. The van der Waals surface area contributed by atoms with Crippen LogP contribution in [0.25, 0.3) is 0 Å². The highest BCUT2D eigenvalue weighted by Gasteiger charge is 2.65. The van der Waals surface area contributed by atoms with E-state index in [1.807, 2.05) is 4.98 Å². The molecule has 0 radical (unpaired) electrons. The molecule has 1 aromatic heterocycles. The molecule has 22 heavy (non-hydrogen) atoms. The Morgan fingerprint density at radius 3 is 2.82 bits per heavy atom. The molecule has 124 valence electrons. The van der Waals surface area contributed by atoms with Crippen LogP contribution in [0, 0.1) is 0 Å². The predicted octanol–water partition coefficient (Wildman–Crippen LogP) is -2.18. The van der Waals surface area contributed by atoms with Gasteiger partial charge < -0.3 is 24.4 Å². The smallest absolute Gasteiger partial charge is 0.332 e. The van der Waals surface area contributed by atoms with Gasteiger partial charge in [0.1, 0.15) is 12.2 Å². The maximum absolute atomic E-state index is 15.1. The van der Waals surface area contributed by atoms with Gasteiger partial charge in [0.2, 0.25) is 8.53 Å². The fourth-order valence-electron chi connectivity index (χ4n) is 2.15. The lowest BCUT2D eigenvalue weighted by atomic mass is 9.95. The highest BCUT2D eigenvalue weighted by molar-refractivity contribution is 7.43. The summed E-state index contributed by atoms with van der Waals surface area (Å²) >= 11 is 0. The molecule has 5 atom stereocenters.